The number of nitrogens with zero attached hydrogens (tertiary/aromatic N) is 1. The summed E-state index contributed by atoms with van der Waals surface area (Å²) in [6, 6.07) is 83.6. The molecule has 0 aliphatic heterocycles. The van der Waals surface area contributed by atoms with Gasteiger partial charge in [-0.25, -0.2) is 0 Å². The lowest BCUT2D eigenvalue weighted by atomic mass is 9.36. The molecule has 7 unspecified atom stereocenters. The van der Waals surface area contributed by atoms with Crippen LogP contribution < -0.4 is 0 Å². The molecule has 1 heterocycles. The van der Waals surface area contributed by atoms with E-state index >= 15 is 0 Å². The van der Waals surface area contributed by atoms with Gasteiger partial charge in [-0.2, -0.15) is 0 Å². The molecule has 7 atom stereocenters. The molecule has 0 amide bonds. The molecular formula is C68H53N. The quantitative estimate of drug-likeness (QED) is 0.163. The predicted molar refractivity (Wildman–Crippen MR) is 284 cm³/mol. The second kappa shape index (κ2) is 14.0. The number of rotatable bonds is 2. The monoisotopic (exact) mass is 883 g/mol. The maximum absolute atomic E-state index is 2.65. The summed E-state index contributed by atoms with van der Waals surface area (Å²) < 4.78 is 2.46. The molecule has 10 aromatic rings. The fraction of sp³-hybridized carbons (Fsp3) is 0.206. The Kier molecular flexibility index (Phi) is 7.83. The van der Waals surface area contributed by atoms with E-state index in [0.29, 0.717) is 23.7 Å². The summed E-state index contributed by atoms with van der Waals surface area (Å²) >= 11 is 0. The van der Waals surface area contributed by atoms with Crippen molar-refractivity contribution in [1.82, 2.24) is 4.57 Å². The van der Waals surface area contributed by atoms with Gasteiger partial charge < -0.3 is 4.57 Å². The molecule has 9 aromatic carbocycles. The summed E-state index contributed by atoms with van der Waals surface area (Å²) in [6.07, 6.45) is 8.33. The van der Waals surface area contributed by atoms with E-state index in [1.54, 1.807) is 33.4 Å². The Bertz CT molecular complexity index is 3780. The summed E-state index contributed by atoms with van der Waals surface area (Å²) in [5.74, 6) is 1.71. The molecule has 6 aliphatic carbocycles. The van der Waals surface area contributed by atoms with Gasteiger partial charge in [-0.3, -0.25) is 0 Å². The van der Waals surface area contributed by atoms with E-state index in [1.807, 2.05) is 0 Å². The van der Waals surface area contributed by atoms with Crippen LogP contribution >= 0.6 is 0 Å². The molecular weight excluding hydrogens is 831 g/mol. The van der Waals surface area contributed by atoms with E-state index < -0.39 is 0 Å². The summed E-state index contributed by atoms with van der Waals surface area (Å²) in [5, 5.41) is 2.61. The highest BCUT2D eigenvalue weighted by molar-refractivity contribution is 6.11. The summed E-state index contributed by atoms with van der Waals surface area (Å²) in [6.45, 7) is 0. The van der Waals surface area contributed by atoms with Crippen molar-refractivity contribution in [3.63, 3.8) is 0 Å². The van der Waals surface area contributed by atoms with Crippen LogP contribution in [0.4, 0.5) is 0 Å². The van der Waals surface area contributed by atoms with Crippen LogP contribution in [0.15, 0.2) is 212 Å². The maximum atomic E-state index is 2.65. The van der Waals surface area contributed by atoms with Gasteiger partial charge in [-0.05, 0) is 177 Å². The van der Waals surface area contributed by atoms with E-state index in [-0.39, 0.29) is 16.2 Å². The first-order chi connectivity index (χ1) is 34.1. The van der Waals surface area contributed by atoms with Crippen molar-refractivity contribution < 1.29 is 0 Å². The minimum Gasteiger partial charge on any atom is -0.309 e. The largest absolute Gasteiger partial charge is 0.309 e. The summed E-state index contributed by atoms with van der Waals surface area (Å²) in [4.78, 5) is 0. The van der Waals surface area contributed by atoms with Crippen LogP contribution in [-0.4, -0.2) is 4.57 Å². The highest BCUT2D eigenvalue weighted by Crippen LogP contribution is 2.78. The van der Waals surface area contributed by atoms with Gasteiger partial charge >= 0.3 is 0 Å². The van der Waals surface area contributed by atoms with Crippen molar-refractivity contribution >= 4 is 21.8 Å². The second-order valence-electron chi connectivity index (χ2n) is 22.1. The Morgan fingerprint density at radius 1 is 0.348 bits per heavy atom. The van der Waals surface area contributed by atoms with Crippen LogP contribution in [0.5, 0.6) is 0 Å². The smallest absolute Gasteiger partial charge is 0.0541 e. The van der Waals surface area contributed by atoms with E-state index in [2.05, 4.69) is 217 Å². The van der Waals surface area contributed by atoms with E-state index in [4.69, 9.17) is 0 Å². The lowest BCUT2D eigenvalue weighted by Gasteiger charge is -2.67. The first-order valence-corrected chi connectivity index (χ1v) is 25.8. The molecule has 0 saturated heterocycles. The fourth-order valence-corrected chi connectivity index (χ4v) is 17.4. The lowest BCUT2D eigenvalue weighted by Crippen LogP contribution is -2.64. The molecule has 3 saturated carbocycles. The van der Waals surface area contributed by atoms with Gasteiger partial charge in [0, 0.05) is 32.7 Å². The Morgan fingerprint density at radius 2 is 0.841 bits per heavy atom. The fourth-order valence-electron chi connectivity index (χ4n) is 17.4. The molecule has 16 rings (SSSR count). The van der Waals surface area contributed by atoms with Crippen molar-refractivity contribution in [1.29, 1.82) is 0 Å². The van der Waals surface area contributed by atoms with Crippen LogP contribution in [0.2, 0.25) is 0 Å². The Labute approximate surface area is 405 Å². The molecule has 1 nitrogen and oxygen atoms in total. The first kappa shape index (κ1) is 38.7. The van der Waals surface area contributed by atoms with Gasteiger partial charge in [0.1, 0.15) is 0 Å². The molecule has 0 radical (unpaired) electrons. The van der Waals surface area contributed by atoms with Gasteiger partial charge in [0.15, 0.2) is 0 Å². The molecule has 3 spiro atoms. The molecule has 1 heteroatoms. The van der Waals surface area contributed by atoms with Crippen molar-refractivity contribution in [2.45, 2.75) is 78.9 Å². The summed E-state index contributed by atoms with van der Waals surface area (Å²) in [7, 11) is 0. The number of hydrogen-bond acceptors (Lipinski definition) is 0. The first-order valence-electron chi connectivity index (χ1n) is 25.8. The third-order valence-corrected chi connectivity index (χ3v) is 19.2. The topological polar surface area (TPSA) is 4.93 Å². The third-order valence-electron chi connectivity index (χ3n) is 19.2. The molecule has 6 bridgehead atoms. The zero-order valence-corrected chi connectivity index (χ0v) is 38.9. The van der Waals surface area contributed by atoms with Gasteiger partial charge in [0.2, 0.25) is 0 Å². The van der Waals surface area contributed by atoms with Crippen LogP contribution in [-0.2, 0) is 16.2 Å². The van der Waals surface area contributed by atoms with Gasteiger partial charge in [0.25, 0.3) is 0 Å². The Hall–Kier alpha value is -7.22. The minimum atomic E-state index is -0.0938. The molecule has 3 fully saturated rings. The standard InChI is InChI=1S/C68H53N/c1-2-17-47(18-3-1)69-62-32-15-12-26-56(62)58-37-43(33-34-63(58)69)51-28-16-31-61-64(51)57-27-9-6-21-50(57)45-39-66(61)36-35-44-38-67(59-29-13-10-24-54(59)52-22-7-4-19-48(44)52)41-46-42-68(40-45,65(66)67)60-30-14-11-25-55(60)53-23-8-5-20-49(46)53/h1-34,37,44-46,65H,35-36,38-42H2. The molecule has 0 N–H and O–H groups in total. The minimum absolute atomic E-state index is 0.0666. The average Bonchev–Trinajstić information content (AvgIpc) is 3.46. The van der Waals surface area contributed by atoms with Crippen LogP contribution in [0.25, 0.3) is 72.0 Å². The Balaban J connectivity index is 1.02. The molecule has 330 valence electrons. The second-order valence-corrected chi connectivity index (χ2v) is 22.1. The highest BCUT2D eigenvalue weighted by atomic mass is 15.0. The van der Waals surface area contributed by atoms with Crippen molar-refractivity contribution in [2.75, 3.05) is 0 Å². The zero-order chi connectivity index (χ0) is 45.1. The normalized spacial score (nSPS) is 26.3. The van der Waals surface area contributed by atoms with Gasteiger partial charge in [-0.1, -0.05) is 182 Å². The van der Waals surface area contributed by atoms with Gasteiger partial charge in [-0.15, -0.1) is 0 Å². The van der Waals surface area contributed by atoms with Crippen LogP contribution in [0.3, 0.4) is 0 Å². The lowest BCUT2D eigenvalue weighted by molar-refractivity contribution is -0.0410. The van der Waals surface area contributed by atoms with E-state index in [1.165, 1.54) is 117 Å². The molecule has 69 heavy (non-hydrogen) atoms. The van der Waals surface area contributed by atoms with Crippen molar-refractivity contribution in [3.8, 4) is 50.2 Å². The highest BCUT2D eigenvalue weighted by Gasteiger charge is 2.71. The molecule has 6 aliphatic rings. The third kappa shape index (κ3) is 5.01. The number of para-hydroxylation sites is 2. The average molecular weight is 884 g/mol. The number of aromatic nitrogens is 1. The number of hydrogen-bond donors (Lipinski definition) is 0. The zero-order valence-electron chi connectivity index (χ0n) is 38.9. The number of benzene rings is 9. The van der Waals surface area contributed by atoms with E-state index in [0.717, 1.165) is 0 Å². The van der Waals surface area contributed by atoms with Crippen LogP contribution in [0, 0.1) is 5.92 Å². The van der Waals surface area contributed by atoms with E-state index in [9.17, 15) is 0 Å². The van der Waals surface area contributed by atoms with Crippen LogP contribution in [0.1, 0.15) is 96.1 Å². The van der Waals surface area contributed by atoms with Crippen molar-refractivity contribution in [3.05, 3.63) is 246 Å². The van der Waals surface area contributed by atoms with Crippen molar-refractivity contribution in [2.24, 2.45) is 5.92 Å². The number of fused-ring (bicyclic) bond motifs is 18. The SMILES string of the molecule is c1ccc(-n2c3ccccc3c3cc(-c4cccc5c4-c4ccccc4C4CC67CC(CC89CC(CCC5(C4)C86)c4ccccc4-c4ccccc49)c4ccccc4-c4ccccc47)ccc32)cc1. The Morgan fingerprint density at radius 3 is 1.54 bits per heavy atom. The maximum Gasteiger partial charge on any atom is 0.0541 e. The summed E-state index contributed by atoms with van der Waals surface area (Å²) in [5.41, 5.74) is 24.6. The predicted octanol–water partition coefficient (Wildman–Crippen LogP) is 17.2. The molecule has 1 aromatic heterocycles. The van der Waals surface area contributed by atoms with Gasteiger partial charge in [0.05, 0.1) is 11.0 Å².